The van der Waals surface area contributed by atoms with Crippen molar-refractivity contribution in [3.8, 4) is 22.6 Å². The van der Waals surface area contributed by atoms with E-state index in [0.717, 1.165) is 16.7 Å². The van der Waals surface area contributed by atoms with Gasteiger partial charge in [-0.1, -0.05) is 60.7 Å². The number of rotatable bonds is 7. The van der Waals surface area contributed by atoms with Gasteiger partial charge in [-0.3, -0.25) is 25.8 Å². The number of para-hydroxylation sites is 1. The van der Waals surface area contributed by atoms with E-state index in [1.54, 1.807) is 31.4 Å². The lowest BCUT2D eigenvalue weighted by Crippen LogP contribution is -2.49. The van der Waals surface area contributed by atoms with Crippen LogP contribution in [0.15, 0.2) is 84.9 Å². The van der Waals surface area contributed by atoms with Gasteiger partial charge in [0.25, 0.3) is 5.91 Å². The van der Waals surface area contributed by atoms with Gasteiger partial charge in [0.1, 0.15) is 11.5 Å². The molecule has 0 aliphatic heterocycles. The van der Waals surface area contributed by atoms with Crippen LogP contribution in [0.3, 0.4) is 0 Å². The number of hydrogen-bond donors (Lipinski definition) is 3. The first-order valence-electron chi connectivity index (χ1n) is 10.0. The highest BCUT2D eigenvalue weighted by Crippen LogP contribution is 2.22. The van der Waals surface area contributed by atoms with Gasteiger partial charge in [0.2, 0.25) is 5.91 Å². The Hall–Kier alpha value is -4.17. The number of hydrazine groups is 1. The summed E-state index contributed by atoms with van der Waals surface area (Å²) in [4.78, 5) is 24.0. The Bertz CT molecular complexity index is 1130. The molecule has 3 aromatic rings. The lowest BCUT2D eigenvalue weighted by molar-refractivity contribution is -0.123. The fourth-order valence-electron chi connectivity index (χ4n) is 2.84. The van der Waals surface area contributed by atoms with E-state index in [1.807, 2.05) is 60.7 Å². The number of thiocarbonyl (C=S) groups is 1. The molecule has 0 saturated carbocycles. The predicted octanol–water partition coefficient (Wildman–Crippen LogP) is 3.48. The second-order valence-electron chi connectivity index (χ2n) is 6.75. The smallest absolute Gasteiger partial charge is 0.276 e. The van der Waals surface area contributed by atoms with Crippen molar-refractivity contribution in [3.05, 3.63) is 90.5 Å². The highest BCUT2D eigenvalue weighted by Gasteiger charge is 2.06. The van der Waals surface area contributed by atoms with Gasteiger partial charge in [-0.2, -0.15) is 0 Å². The molecule has 8 heteroatoms. The van der Waals surface area contributed by atoms with Crippen LogP contribution < -0.4 is 25.6 Å². The number of carbonyl (C=O) groups is 2. The van der Waals surface area contributed by atoms with E-state index in [0.29, 0.717) is 11.5 Å². The molecule has 0 atom stereocenters. The zero-order valence-electron chi connectivity index (χ0n) is 17.9. The van der Waals surface area contributed by atoms with Gasteiger partial charge in [0.15, 0.2) is 11.7 Å². The van der Waals surface area contributed by atoms with E-state index in [1.165, 1.54) is 6.08 Å². The monoisotopic (exact) mass is 461 g/mol. The summed E-state index contributed by atoms with van der Waals surface area (Å²) in [5.41, 5.74) is 7.73. The molecule has 0 spiro atoms. The fourth-order valence-corrected chi connectivity index (χ4v) is 2.99. The summed E-state index contributed by atoms with van der Waals surface area (Å²) in [6, 6.07) is 24.6. The van der Waals surface area contributed by atoms with Crippen molar-refractivity contribution in [2.75, 3.05) is 13.7 Å². The van der Waals surface area contributed by atoms with E-state index in [9.17, 15) is 9.59 Å². The van der Waals surface area contributed by atoms with E-state index in [-0.39, 0.29) is 11.7 Å². The Morgan fingerprint density at radius 3 is 2.27 bits per heavy atom. The Balaban J connectivity index is 1.39. The predicted molar refractivity (Wildman–Crippen MR) is 131 cm³/mol. The molecule has 2 amide bonds. The number of hydrogen-bond acceptors (Lipinski definition) is 5. The van der Waals surface area contributed by atoms with E-state index in [4.69, 9.17) is 21.7 Å². The van der Waals surface area contributed by atoms with Crippen LogP contribution >= 0.6 is 12.2 Å². The van der Waals surface area contributed by atoms with Crippen molar-refractivity contribution in [1.82, 2.24) is 16.2 Å². The largest absolute Gasteiger partial charge is 0.496 e. The second-order valence-corrected chi connectivity index (χ2v) is 7.15. The van der Waals surface area contributed by atoms with Crippen molar-refractivity contribution in [2.45, 2.75) is 0 Å². The maximum Gasteiger partial charge on any atom is 0.276 e. The first-order chi connectivity index (χ1) is 16.0. The standard InChI is InChI=1S/C25H23N3O4S/c1-31-22-10-6-5-9-20(22)13-16-23(29)26-25(33)28-27-24(30)17-32-21-14-11-19(12-15-21)18-7-3-2-4-8-18/h2-16H,17H2,1H3,(H,27,30)(H2,26,28,29,33)/b16-13+. The van der Waals surface area contributed by atoms with Gasteiger partial charge < -0.3 is 9.47 Å². The number of methoxy groups -OCH3 is 1. The van der Waals surface area contributed by atoms with Crippen LogP contribution in [0, 0.1) is 0 Å². The molecule has 3 N–H and O–H groups in total. The Labute approximate surface area is 197 Å². The summed E-state index contributed by atoms with van der Waals surface area (Å²) < 4.78 is 10.7. The van der Waals surface area contributed by atoms with E-state index < -0.39 is 11.8 Å². The average molecular weight is 462 g/mol. The summed E-state index contributed by atoms with van der Waals surface area (Å²) in [5, 5.41) is 2.39. The highest BCUT2D eigenvalue weighted by atomic mass is 32.1. The van der Waals surface area contributed by atoms with E-state index in [2.05, 4.69) is 16.2 Å². The molecular formula is C25H23N3O4S. The SMILES string of the molecule is COc1ccccc1/C=C/C(=O)NC(=S)NNC(=O)COc1ccc(-c2ccccc2)cc1. The summed E-state index contributed by atoms with van der Waals surface area (Å²) in [6.45, 7) is -0.220. The average Bonchev–Trinajstić information content (AvgIpc) is 2.86. The fraction of sp³-hybridized carbons (Fsp3) is 0.0800. The Morgan fingerprint density at radius 1 is 0.879 bits per heavy atom. The van der Waals surface area contributed by atoms with Gasteiger partial charge in [-0.15, -0.1) is 0 Å². The molecule has 0 radical (unpaired) electrons. The molecule has 0 aliphatic carbocycles. The van der Waals surface area contributed by atoms with Crippen molar-refractivity contribution in [3.63, 3.8) is 0 Å². The summed E-state index contributed by atoms with van der Waals surface area (Å²) in [7, 11) is 1.55. The van der Waals surface area contributed by atoms with Gasteiger partial charge in [-0.05, 0) is 47.6 Å². The van der Waals surface area contributed by atoms with Crippen molar-refractivity contribution in [2.24, 2.45) is 0 Å². The van der Waals surface area contributed by atoms with Gasteiger partial charge in [0, 0.05) is 11.6 Å². The molecule has 3 rings (SSSR count). The Morgan fingerprint density at radius 2 is 1.55 bits per heavy atom. The third-order valence-corrected chi connectivity index (χ3v) is 4.64. The van der Waals surface area contributed by atoms with E-state index >= 15 is 0 Å². The van der Waals surface area contributed by atoms with Crippen LogP contribution in [0.1, 0.15) is 5.56 Å². The van der Waals surface area contributed by atoms with Crippen LogP contribution in [-0.2, 0) is 9.59 Å². The first-order valence-corrected chi connectivity index (χ1v) is 10.4. The first kappa shape index (κ1) is 23.5. The maximum absolute atomic E-state index is 12.0. The maximum atomic E-state index is 12.0. The number of amides is 2. The quantitative estimate of drug-likeness (QED) is 0.284. The Kier molecular flexibility index (Phi) is 8.55. The van der Waals surface area contributed by atoms with Crippen LogP contribution in [0.5, 0.6) is 11.5 Å². The zero-order chi connectivity index (χ0) is 23.5. The summed E-state index contributed by atoms with van der Waals surface area (Å²) in [5.74, 6) is 0.289. The highest BCUT2D eigenvalue weighted by molar-refractivity contribution is 7.80. The second kappa shape index (κ2) is 12.0. The minimum Gasteiger partial charge on any atom is -0.496 e. The minimum absolute atomic E-state index is 0.0507. The lowest BCUT2D eigenvalue weighted by Gasteiger charge is -2.11. The molecule has 0 bridgehead atoms. The molecule has 0 aromatic heterocycles. The molecule has 168 valence electrons. The molecule has 3 aromatic carbocycles. The van der Waals surface area contributed by atoms with Crippen LogP contribution in [0.25, 0.3) is 17.2 Å². The summed E-state index contributed by atoms with van der Waals surface area (Å²) >= 11 is 5.01. The molecule has 0 heterocycles. The minimum atomic E-state index is -0.456. The summed E-state index contributed by atoms with van der Waals surface area (Å²) in [6.07, 6.45) is 2.92. The number of carbonyl (C=O) groups excluding carboxylic acids is 2. The molecule has 0 unspecified atom stereocenters. The number of ether oxygens (including phenoxy) is 2. The van der Waals surface area contributed by atoms with Gasteiger partial charge >= 0.3 is 0 Å². The third kappa shape index (κ3) is 7.48. The third-order valence-electron chi connectivity index (χ3n) is 4.44. The molecular weight excluding hydrogens is 438 g/mol. The van der Waals surface area contributed by atoms with Crippen LogP contribution in [0.4, 0.5) is 0 Å². The van der Waals surface area contributed by atoms with Crippen molar-refractivity contribution in [1.29, 1.82) is 0 Å². The molecule has 7 nitrogen and oxygen atoms in total. The molecule has 0 fully saturated rings. The van der Waals surface area contributed by atoms with Crippen LogP contribution in [0.2, 0.25) is 0 Å². The molecule has 33 heavy (non-hydrogen) atoms. The van der Waals surface area contributed by atoms with Crippen molar-refractivity contribution >= 4 is 35.2 Å². The lowest BCUT2D eigenvalue weighted by atomic mass is 10.1. The number of nitrogens with one attached hydrogen (secondary N) is 3. The van der Waals surface area contributed by atoms with Gasteiger partial charge in [0.05, 0.1) is 7.11 Å². The van der Waals surface area contributed by atoms with Crippen LogP contribution in [-0.4, -0.2) is 30.6 Å². The molecule has 0 saturated heterocycles. The van der Waals surface area contributed by atoms with Gasteiger partial charge in [-0.25, -0.2) is 0 Å². The number of benzene rings is 3. The molecule has 0 aliphatic rings. The zero-order valence-corrected chi connectivity index (χ0v) is 18.7. The normalized spacial score (nSPS) is 10.3. The van der Waals surface area contributed by atoms with Crippen molar-refractivity contribution < 1.29 is 19.1 Å². The topological polar surface area (TPSA) is 88.7 Å².